The average Bonchev–Trinajstić information content (AvgIpc) is 0.918. The molecule has 0 heterocycles. The number of rotatable bonds is 0. The molecule has 0 rings (SSSR count). The second-order valence-corrected chi connectivity index (χ2v) is 0.777. The van der Waals surface area contributed by atoms with Gasteiger partial charge < -0.3 is 0 Å². The van der Waals surface area contributed by atoms with Crippen molar-refractivity contribution in [1.82, 2.24) is 0 Å². The van der Waals surface area contributed by atoms with Crippen LogP contribution in [-0.4, -0.2) is 0 Å². The Balaban J connectivity index is 0. The monoisotopic (exact) mass is 368 g/mol. The Morgan fingerprint density at radius 2 is 1.25 bits per heavy atom. The van der Waals surface area contributed by atoms with Crippen LogP contribution in [0.4, 0.5) is 0 Å². The van der Waals surface area contributed by atoms with Crippen molar-refractivity contribution in [3.63, 3.8) is 0 Å². The first-order valence-electron chi connectivity index (χ1n) is 0.408. The normalized spacial score (nSPS) is 2.00. The predicted octanol–water partition coefficient (Wildman–Crippen LogP) is -0.240. The van der Waals surface area contributed by atoms with Gasteiger partial charge in [0, 0.05) is 21.1 Å². The molecule has 0 spiro atoms. The molecule has 0 aromatic carbocycles. The van der Waals surface area contributed by atoms with Crippen molar-refractivity contribution in [2.75, 3.05) is 0 Å². The Labute approximate surface area is 52.8 Å². The van der Waals surface area contributed by atoms with E-state index < -0.39 is 27.8 Å². The van der Waals surface area contributed by atoms with Crippen LogP contribution in [0, 0.1) is 27.8 Å². The molecule has 4 heavy (non-hydrogen) atoms. The van der Waals surface area contributed by atoms with E-state index >= 15 is 0 Å². The topological polar surface area (TPSA) is 34.1 Å². The van der Waals surface area contributed by atoms with Crippen LogP contribution in [-0.2, 0) is 25.5 Å². The maximum absolute atomic E-state index is 8.58. The summed E-state index contributed by atoms with van der Waals surface area (Å²) in [6, 6.07) is 0. The van der Waals surface area contributed by atoms with Crippen LogP contribution in [0.15, 0.2) is 0 Å². The van der Waals surface area contributed by atoms with Crippen molar-refractivity contribution < 1.29 is 53.4 Å². The van der Waals surface area contributed by atoms with Gasteiger partial charge in [-0.05, 0) is 0 Å². The van der Waals surface area contributed by atoms with Gasteiger partial charge in [-0.2, -0.15) is 0 Å². The van der Waals surface area contributed by atoms with E-state index in [0.717, 1.165) is 0 Å². The standard InChI is InChI=1S/Mo.2O.U. The third kappa shape index (κ3) is 10.2. The van der Waals surface area contributed by atoms with Crippen LogP contribution in [0.1, 0.15) is 0 Å². The van der Waals surface area contributed by atoms with Crippen LogP contribution in [0.2, 0.25) is 0 Å². The molecule has 0 aliphatic heterocycles. The van der Waals surface area contributed by atoms with Gasteiger partial charge in [0.2, 0.25) is 0 Å². The van der Waals surface area contributed by atoms with Crippen LogP contribution in [0.3, 0.4) is 0 Å². The molecule has 22 valence electrons. The first-order chi connectivity index (χ1) is 1.41. The summed E-state index contributed by atoms with van der Waals surface area (Å²) in [5.41, 5.74) is 0. The molecule has 0 aromatic heterocycles. The van der Waals surface area contributed by atoms with Gasteiger partial charge in [0.15, 0.2) is 0 Å². The second-order valence-electron chi connectivity index (χ2n) is 0.0833. The van der Waals surface area contributed by atoms with Crippen LogP contribution in [0.25, 0.3) is 0 Å². The third-order valence-corrected chi connectivity index (χ3v) is 0. The summed E-state index contributed by atoms with van der Waals surface area (Å²) in [5, 5.41) is 0. The zero-order chi connectivity index (χ0) is 2.71. The van der Waals surface area contributed by atoms with Crippen LogP contribution in [0.5, 0.6) is 0 Å². The zero-order valence-electron chi connectivity index (χ0n) is 1.72. The Bertz CT molecular complexity index is 27.0. The molecule has 0 aliphatic carbocycles. The molecule has 0 amide bonds. The molecule has 0 N–H and O–H groups in total. The molecular formula is MoO2U. The molecule has 0 saturated carbocycles. The summed E-state index contributed by atoms with van der Waals surface area (Å²) in [5.74, 6) is 0. The Hall–Kier alpha value is 1.34. The molecular weight excluding hydrogens is 366 g/mol. The molecule has 0 radical (unpaired) electrons. The summed E-state index contributed by atoms with van der Waals surface area (Å²) in [7, 11) is 0. The maximum atomic E-state index is 8.58. The van der Waals surface area contributed by atoms with Gasteiger partial charge >= 0.3 is 32.3 Å². The molecule has 2 nitrogen and oxygen atoms in total. The van der Waals surface area contributed by atoms with E-state index in [2.05, 4.69) is 0 Å². The van der Waals surface area contributed by atoms with Crippen LogP contribution >= 0.6 is 0 Å². The van der Waals surface area contributed by atoms with Gasteiger partial charge in [-0.25, -0.2) is 0 Å². The van der Waals surface area contributed by atoms with E-state index in [9.17, 15) is 0 Å². The van der Waals surface area contributed by atoms with Crippen molar-refractivity contribution >= 4 is 0 Å². The minimum atomic E-state index is -2.51. The van der Waals surface area contributed by atoms with Crippen molar-refractivity contribution in [2.45, 2.75) is 0 Å². The Morgan fingerprint density at radius 3 is 1.25 bits per heavy atom. The first-order valence-corrected chi connectivity index (χ1v) is 3.81. The third-order valence-electron chi connectivity index (χ3n) is 0. The fourth-order valence-corrected chi connectivity index (χ4v) is 0. The van der Waals surface area contributed by atoms with E-state index in [-0.39, 0.29) is 21.1 Å². The predicted molar refractivity (Wildman–Crippen MR) is 1.37 cm³/mol. The summed E-state index contributed by atoms with van der Waals surface area (Å²) >= 11 is -2.51. The van der Waals surface area contributed by atoms with Crippen LogP contribution < -0.4 is 0 Å². The zero-order valence-corrected chi connectivity index (χ0v) is 7.90. The van der Waals surface area contributed by atoms with E-state index in [4.69, 9.17) is 4.47 Å². The van der Waals surface area contributed by atoms with Gasteiger partial charge in [-0.15, -0.1) is 0 Å². The van der Waals surface area contributed by atoms with E-state index in [1.54, 1.807) is 0 Å². The molecule has 4 heteroatoms. The van der Waals surface area contributed by atoms with Gasteiger partial charge in [0.1, 0.15) is 0 Å². The fraction of sp³-hybridized carbons (Fsp3) is 0. The van der Waals surface area contributed by atoms with E-state index in [1.807, 2.05) is 0 Å². The molecule has 0 unspecified atom stereocenters. The Morgan fingerprint density at radius 1 is 1.25 bits per heavy atom. The van der Waals surface area contributed by atoms with Gasteiger partial charge in [0.25, 0.3) is 0 Å². The number of hydrogen-bond donors (Lipinski definition) is 0. The molecule has 0 atom stereocenters. The van der Waals surface area contributed by atoms with Crippen molar-refractivity contribution in [3.8, 4) is 0 Å². The van der Waals surface area contributed by atoms with Gasteiger partial charge in [0.05, 0.1) is 0 Å². The SMILES string of the molecule is [Mo].[O]=[U]=[O]. The summed E-state index contributed by atoms with van der Waals surface area (Å²) in [6.45, 7) is 0. The summed E-state index contributed by atoms with van der Waals surface area (Å²) < 4.78 is 17.2. The van der Waals surface area contributed by atoms with Gasteiger partial charge in [-0.3, -0.25) is 0 Å². The molecule has 0 saturated heterocycles. The fourth-order valence-electron chi connectivity index (χ4n) is 0. The minimum absolute atomic E-state index is 0. The van der Waals surface area contributed by atoms with Gasteiger partial charge in [-0.1, -0.05) is 0 Å². The summed E-state index contributed by atoms with van der Waals surface area (Å²) in [6.07, 6.45) is 0. The quantitative estimate of drug-likeness (QED) is 0.555. The average molecular weight is 366 g/mol. The molecule has 0 aromatic rings. The second kappa shape index (κ2) is 8.84. The number of hydrogen-bond acceptors (Lipinski definition) is 2. The molecule has 0 fully saturated rings. The van der Waals surface area contributed by atoms with Crippen molar-refractivity contribution in [3.05, 3.63) is 0 Å². The van der Waals surface area contributed by atoms with Crippen molar-refractivity contribution in [2.24, 2.45) is 0 Å². The molecule has 0 bridgehead atoms. The molecule has 0 aliphatic rings. The first kappa shape index (κ1) is 9.02. The van der Waals surface area contributed by atoms with E-state index in [0.29, 0.717) is 0 Å². The Kier molecular flexibility index (Phi) is 19.9. The van der Waals surface area contributed by atoms with Crippen molar-refractivity contribution in [1.29, 1.82) is 0 Å². The summed E-state index contributed by atoms with van der Waals surface area (Å²) in [4.78, 5) is 0. The van der Waals surface area contributed by atoms with E-state index in [1.165, 1.54) is 0 Å².